The van der Waals surface area contributed by atoms with Crippen molar-refractivity contribution in [3.05, 3.63) is 23.3 Å². The molecule has 0 spiro atoms. The fourth-order valence-electron chi connectivity index (χ4n) is 2.87. The summed E-state index contributed by atoms with van der Waals surface area (Å²) in [6.07, 6.45) is 14.4. The average molecular weight is 339 g/mol. The summed E-state index contributed by atoms with van der Waals surface area (Å²) in [5.74, 6) is 1.60. The van der Waals surface area contributed by atoms with E-state index in [9.17, 15) is 0 Å². The lowest BCUT2D eigenvalue weighted by Gasteiger charge is -2.22. The second-order valence-corrected chi connectivity index (χ2v) is 7.21. The Hall–Kier alpha value is -0.600. The molecule has 0 saturated heterocycles. The Morgan fingerprint density at radius 1 is 0.917 bits per heavy atom. The minimum absolute atomic E-state index is 0.0641. The zero-order chi connectivity index (χ0) is 18.4. The molecule has 142 valence electrons. The summed E-state index contributed by atoms with van der Waals surface area (Å²) in [5.41, 5.74) is 3.17. The highest BCUT2D eigenvalue weighted by Gasteiger charge is 2.14. The quantitative estimate of drug-likeness (QED) is 0.403. The van der Waals surface area contributed by atoms with Crippen molar-refractivity contribution in [1.82, 2.24) is 0 Å². The SMILES string of the molecule is CCC.CCC(C)CCC(C)C1=CC=C(CCC(OC)OC)CC1. The van der Waals surface area contributed by atoms with Crippen LogP contribution in [0.25, 0.3) is 0 Å². The summed E-state index contributed by atoms with van der Waals surface area (Å²) in [6, 6.07) is 0. The Balaban J connectivity index is 0.00000163. The number of allylic oxidation sites excluding steroid dienone is 4. The number of rotatable bonds is 10. The normalized spacial score (nSPS) is 16.8. The van der Waals surface area contributed by atoms with Crippen LogP contribution in [0, 0.1) is 11.8 Å². The highest BCUT2D eigenvalue weighted by atomic mass is 16.7. The van der Waals surface area contributed by atoms with Gasteiger partial charge in [-0.15, -0.1) is 0 Å². The molecular weight excluding hydrogens is 296 g/mol. The molecule has 0 saturated carbocycles. The van der Waals surface area contributed by atoms with E-state index in [0.717, 1.165) is 24.7 Å². The monoisotopic (exact) mass is 338 g/mol. The zero-order valence-corrected chi connectivity index (χ0v) is 17.4. The van der Waals surface area contributed by atoms with Crippen molar-refractivity contribution in [1.29, 1.82) is 0 Å². The third kappa shape index (κ3) is 10.3. The molecule has 0 aromatic carbocycles. The van der Waals surface area contributed by atoms with Crippen LogP contribution in [-0.2, 0) is 9.47 Å². The Morgan fingerprint density at radius 2 is 1.54 bits per heavy atom. The van der Waals surface area contributed by atoms with Gasteiger partial charge in [0.15, 0.2) is 6.29 Å². The van der Waals surface area contributed by atoms with Crippen LogP contribution in [0.5, 0.6) is 0 Å². The molecule has 0 amide bonds. The van der Waals surface area contributed by atoms with Gasteiger partial charge in [-0.1, -0.05) is 77.2 Å². The van der Waals surface area contributed by atoms with Gasteiger partial charge in [-0.2, -0.15) is 0 Å². The first-order chi connectivity index (χ1) is 11.5. The number of hydrogen-bond acceptors (Lipinski definition) is 2. The van der Waals surface area contributed by atoms with E-state index in [0.29, 0.717) is 0 Å². The Morgan fingerprint density at radius 3 is 2.00 bits per heavy atom. The van der Waals surface area contributed by atoms with Crippen molar-refractivity contribution in [3.8, 4) is 0 Å². The lowest BCUT2D eigenvalue weighted by molar-refractivity contribution is -0.105. The molecule has 0 fully saturated rings. The Bertz CT molecular complexity index is 353. The number of ether oxygens (including phenoxy) is 2. The molecule has 1 aliphatic carbocycles. The molecule has 0 aromatic heterocycles. The van der Waals surface area contributed by atoms with E-state index < -0.39 is 0 Å². The van der Waals surface area contributed by atoms with Gasteiger partial charge in [-0.3, -0.25) is 0 Å². The predicted octanol–water partition coefficient (Wildman–Crippen LogP) is 6.91. The van der Waals surface area contributed by atoms with Crippen LogP contribution in [0.15, 0.2) is 23.3 Å². The van der Waals surface area contributed by atoms with Crippen LogP contribution >= 0.6 is 0 Å². The van der Waals surface area contributed by atoms with Crippen molar-refractivity contribution in [2.24, 2.45) is 11.8 Å². The minimum atomic E-state index is -0.0641. The lowest BCUT2D eigenvalue weighted by Crippen LogP contribution is -2.13. The van der Waals surface area contributed by atoms with Crippen LogP contribution in [0.4, 0.5) is 0 Å². The van der Waals surface area contributed by atoms with Crippen molar-refractivity contribution in [2.45, 2.75) is 92.3 Å². The summed E-state index contributed by atoms with van der Waals surface area (Å²) >= 11 is 0. The van der Waals surface area contributed by atoms with Crippen molar-refractivity contribution < 1.29 is 9.47 Å². The second kappa shape index (κ2) is 14.7. The predicted molar refractivity (Wildman–Crippen MR) is 106 cm³/mol. The molecule has 1 rings (SSSR count). The lowest BCUT2D eigenvalue weighted by atomic mass is 9.85. The van der Waals surface area contributed by atoms with Gasteiger partial charge >= 0.3 is 0 Å². The highest BCUT2D eigenvalue weighted by molar-refractivity contribution is 5.25. The van der Waals surface area contributed by atoms with Gasteiger partial charge in [0.1, 0.15) is 0 Å². The van der Waals surface area contributed by atoms with Gasteiger partial charge in [0, 0.05) is 20.6 Å². The van der Waals surface area contributed by atoms with Gasteiger partial charge in [0.05, 0.1) is 0 Å². The van der Waals surface area contributed by atoms with E-state index in [1.807, 2.05) is 0 Å². The van der Waals surface area contributed by atoms with E-state index in [1.165, 1.54) is 44.1 Å². The highest BCUT2D eigenvalue weighted by Crippen LogP contribution is 2.30. The van der Waals surface area contributed by atoms with Crippen LogP contribution < -0.4 is 0 Å². The van der Waals surface area contributed by atoms with Crippen LogP contribution in [0.2, 0.25) is 0 Å². The zero-order valence-electron chi connectivity index (χ0n) is 17.4. The van der Waals surface area contributed by atoms with Gasteiger partial charge in [-0.05, 0) is 37.5 Å². The molecule has 2 nitrogen and oxygen atoms in total. The van der Waals surface area contributed by atoms with E-state index in [2.05, 4.69) is 46.8 Å². The summed E-state index contributed by atoms with van der Waals surface area (Å²) in [7, 11) is 3.42. The molecule has 0 N–H and O–H groups in total. The van der Waals surface area contributed by atoms with E-state index in [4.69, 9.17) is 9.47 Å². The number of hydrogen-bond donors (Lipinski definition) is 0. The van der Waals surface area contributed by atoms with Crippen LogP contribution in [-0.4, -0.2) is 20.5 Å². The van der Waals surface area contributed by atoms with Gasteiger partial charge in [0.25, 0.3) is 0 Å². The minimum Gasteiger partial charge on any atom is -0.356 e. The van der Waals surface area contributed by atoms with Crippen LogP contribution in [0.1, 0.15) is 86.0 Å². The second-order valence-electron chi connectivity index (χ2n) is 7.21. The topological polar surface area (TPSA) is 18.5 Å². The molecule has 24 heavy (non-hydrogen) atoms. The third-order valence-corrected chi connectivity index (χ3v) is 4.92. The molecule has 0 heterocycles. The molecular formula is C22H42O2. The molecule has 1 aliphatic rings. The van der Waals surface area contributed by atoms with Gasteiger partial charge in [0.2, 0.25) is 0 Å². The summed E-state index contributed by atoms with van der Waals surface area (Å²) in [4.78, 5) is 0. The fourth-order valence-corrected chi connectivity index (χ4v) is 2.87. The fraction of sp³-hybridized carbons (Fsp3) is 0.818. The number of methoxy groups -OCH3 is 2. The van der Waals surface area contributed by atoms with Gasteiger partial charge < -0.3 is 9.47 Å². The largest absolute Gasteiger partial charge is 0.356 e. The van der Waals surface area contributed by atoms with Crippen molar-refractivity contribution in [2.75, 3.05) is 14.2 Å². The smallest absolute Gasteiger partial charge is 0.157 e. The van der Waals surface area contributed by atoms with E-state index in [-0.39, 0.29) is 6.29 Å². The molecule has 2 unspecified atom stereocenters. The van der Waals surface area contributed by atoms with Crippen molar-refractivity contribution in [3.63, 3.8) is 0 Å². The first-order valence-corrected chi connectivity index (χ1v) is 9.96. The van der Waals surface area contributed by atoms with Crippen molar-refractivity contribution >= 4 is 0 Å². The standard InChI is InChI=1S/C19H34O2.C3H8/c1-6-15(2)7-8-16(3)18-12-9-17(10-13-18)11-14-19(20-4)21-5;1-3-2/h9,12,15-16,19H,6-8,10-11,13-14H2,1-5H3;3H2,1-2H3. The molecule has 0 radical (unpaired) electrons. The summed E-state index contributed by atoms with van der Waals surface area (Å²) < 4.78 is 10.5. The summed E-state index contributed by atoms with van der Waals surface area (Å²) in [5, 5.41) is 0. The molecule has 0 aromatic rings. The van der Waals surface area contributed by atoms with E-state index in [1.54, 1.807) is 19.8 Å². The molecule has 2 heteroatoms. The maximum absolute atomic E-state index is 5.25. The average Bonchev–Trinajstić information content (AvgIpc) is 2.61. The molecule has 0 aliphatic heterocycles. The molecule has 2 atom stereocenters. The first-order valence-electron chi connectivity index (χ1n) is 9.96. The maximum Gasteiger partial charge on any atom is 0.157 e. The maximum atomic E-state index is 5.25. The van der Waals surface area contributed by atoms with E-state index >= 15 is 0 Å². The molecule has 0 bridgehead atoms. The van der Waals surface area contributed by atoms with Crippen LogP contribution in [0.3, 0.4) is 0 Å². The Labute approximate surface area is 151 Å². The Kier molecular flexibility index (Phi) is 14.4. The first kappa shape index (κ1) is 23.4. The third-order valence-electron chi connectivity index (χ3n) is 4.92. The summed E-state index contributed by atoms with van der Waals surface area (Å²) in [6.45, 7) is 11.3. The van der Waals surface area contributed by atoms with Gasteiger partial charge in [-0.25, -0.2) is 0 Å².